The Balaban J connectivity index is 1.72. The minimum Gasteiger partial charge on any atom is -0.399 e. The molecule has 1 unspecified atom stereocenters. The molecule has 1 fully saturated rings. The molecule has 0 bridgehead atoms. The quantitative estimate of drug-likeness (QED) is 0.543. The van der Waals surface area contributed by atoms with Crippen molar-refractivity contribution in [3.8, 4) is 0 Å². The van der Waals surface area contributed by atoms with Crippen LogP contribution in [-0.4, -0.2) is 67.2 Å². The number of rotatable bonds is 5. The number of hydrogen-bond donors (Lipinski definition) is 2. The molecule has 4 rings (SSSR count). The number of likely N-dealkylation sites (N-methyl/N-ethyl adjacent to an activating group) is 1. The van der Waals surface area contributed by atoms with Gasteiger partial charge in [0, 0.05) is 51.3 Å². The van der Waals surface area contributed by atoms with Gasteiger partial charge in [-0.15, -0.1) is 0 Å². The Morgan fingerprint density at radius 1 is 1.06 bits per heavy atom. The fourth-order valence-corrected chi connectivity index (χ4v) is 3.91. The van der Waals surface area contributed by atoms with Gasteiger partial charge in [-0.25, -0.2) is 9.97 Å². The smallest absolute Gasteiger partial charge is 0.399 e. The van der Waals surface area contributed by atoms with Gasteiger partial charge in [0.1, 0.15) is 11.6 Å². The Morgan fingerprint density at radius 2 is 1.76 bits per heavy atom. The van der Waals surface area contributed by atoms with E-state index >= 15 is 0 Å². The van der Waals surface area contributed by atoms with Crippen LogP contribution >= 0.6 is 0 Å². The van der Waals surface area contributed by atoms with E-state index in [1.807, 2.05) is 20.2 Å². The van der Waals surface area contributed by atoms with Gasteiger partial charge in [-0.2, -0.15) is 18.2 Å². The second-order valence-electron chi connectivity index (χ2n) is 8.87. The number of piperazine rings is 1. The first-order valence-electron chi connectivity index (χ1n) is 11.0. The highest BCUT2D eigenvalue weighted by Gasteiger charge is 2.31. The molecule has 1 aromatic carbocycles. The van der Waals surface area contributed by atoms with E-state index in [0.29, 0.717) is 22.8 Å². The molecular weight excluding hydrogens is 445 g/mol. The molecule has 11 heteroatoms. The van der Waals surface area contributed by atoms with Gasteiger partial charge in [0.15, 0.2) is 0 Å². The Hall–Kier alpha value is -3.34. The largest absolute Gasteiger partial charge is 0.416 e. The lowest BCUT2D eigenvalue weighted by Crippen LogP contribution is -2.44. The lowest BCUT2D eigenvalue weighted by Gasteiger charge is -2.33. The van der Waals surface area contributed by atoms with Crippen molar-refractivity contribution in [2.45, 2.75) is 19.1 Å². The summed E-state index contributed by atoms with van der Waals surface area (Å²) >= 11 is 0. The summed E-state index contributed by atoms with van der Waals surface area (Å²) in [5.74, 6) is 1.82. The summed E-state index contributed by atoms with van der Waals surface area (Å²) in [7, 11) is 5.74. The summed E-state index contributed by atoms with van der Waals surface area (Å²) in [6, 6.07) is 5.05. The van der Waals surface area contributed by atoms with Crippen molar-refractivity contribution in [3.63, 3.8) is 0 Å². The van der Waals surface area contributed by atoms with Crippen LogP contribution in [0.15, 0.2) is 30.5 Å². The fraction of sp³-hybridized carbons (Fsp3) is 0.435. The summed E-state index contributed by atoms with van der Waals surface area (Å²) in [6.07, 6.45) is -2.76. The van der Waals surface area contributed by atoms with Crippen molar-refractivity contribution in [3.05, 3.63) is 41.6 Å². The number of hydrogen-bond acceptors (Lipinski definition) is 8. The molecule has 1 saturated heterocycles. The molecule has 0 spiro atoms. The molecule has 8 nitrogen and oxygen atoms in total. The molecule has 3 heterocycles. The number of nitrogen functional groups attached to an aromatic ring is 1. The molecule has 1 aliphatic heterocycles. The van der Waals surface area contributed by atoms with Crippen LogP contribution in [0.5, 0.6) is 0 Å². The first-order chi connectivity index (χ1) is 16.0. The Bertz CT molecular complexity index is 1170. The van der Waals surface area contributed by atoms with E-state index in [-0.39, 0.29) is 5.69 Å². The van der Waals surface area contributed by atoms with Crippen LogP contribution in [0.4, 0.5) is 36.4 Å². The summed E-state index contributed by atoms with van der Waals surface area (Å²) < 4.78 is 40.0. The van der Waals surface area contributed by atoms with Crippen LogP contribution in [0.25, 0.3) is 10.9 Å². The van der Waals surface area contributed by atoms with Gasteiger partial charge in [0.2, 0.25) is 5.95 Å². The fourth-order valence-electron chi connectivity index (χ4n) is 3.91. The maximum atomic E-state index is 13.3. The summed E-state index contributed by atoms with van der Waals surface area (Å²) in [5.41, 5.74) is 6.12. The first kappa shape index (κ1) is 23.8. The van der Waals surface area contributed by atoms with Crippen molar-refractivity contribution >= 4 is 34.2 Å². The number of benzene rings is 1. The molecule has 0 radical (unpaired) electrons. The monoisotopic (exact) mass is 474 g/mol. The zero-order valence-corrected chi connectivity index (χ0v) is 19.7. The number of nitrogens with one attached hydrogen (secondary N) is 1. The SMILES string of the molecule is CC(Nc1nc(N(C)C)nc2cnc(N3CCN(C)CC3)cc12)c1cc(N)cc(C(F)(F)F)c1. The van der Waals surface area contributed by atoms with Crippen LogP contribution in [0.3, 0.4) is 0 Å². The number of alkyl halides is 3. The van der Waals surface area contributed by atoms with Gasteiger partial charge < -0.3 is 25.8 Å². The van der Waals surface area contributed by atoms with Crippen LogP contribution in [0, 0.1) is 0 Å². The lowest BCUT2D eigenvalue weighted by molar-refractivity contribution is -0.137. The van der Waals surface area contributed by atoms with Crippen LogP contribution < -0.4 is 20.9 Å². The van der Waals surface area contributed by atoms with Crippen LogP contribution in [0.2, 0.25) is 0 Å². The van der Waals surface area contributed by atoms with E-state index in [4.69, 9.17) is 5.73 Å². The van der Waals surface area contributed by atoms with Gasteiger partial charge in [-0.3, -0.25) is 0 Å². The topological polar surface area (TPSA) is 86.4 Å². The maximum Gasteiger partial charge on any atom is 0.416 e. The van der Waals surface area contributed by atoms with E-state index < -0.39 is 17.8 Å². The summed E-state index contributed by atoms with van der Waals surface area (Å²) in [6.45, 7) is 5.37. The third-order valence-corrected chi connectivity index (χ3v) is 5.94. The number of halogens is 3. The molecule has 2 aromatic heterocycles. The predicted octanol–water partition coefficient (Wildman–Crippen LogP) is 3.62. The van der Waals surface area contributed by atoms with Gasteiger partial charge in [-0.05, 0) is 43.8 Å². The molecule has 0 amide bonds. The minimum absolute atomic E-state index is 0.0570. The minimum atomic E-state index is -4.48. The summed E-state index contributed by atoms with van der Waals surface area (Å²) in [5, 5.41) is 4.04. The van der Waals surface area contributed by atoms with Gasteiger partial charge >= 0.3 is 6.18 Å². The molecule has 1 atom stereocenters. The van der Waals surface area contributed by atoms with Gasteiger partial charge in [-0.1, -0.05) is 0 Å². The average Bonchev–Trinajstić information content (AvgIpc) is 2.78. The average molecular weight is 475 g/mol. The number of aromatic nitrogens is 3. The highest BCUT2D eigenvalue weighted by molar-refractivity contribution is 5.91. The number of fused-ring (bicyclic) bond motifs is 1. The third-order valence-electron chi connectivity index (χ3n) is 5.94. The van der Waals surface area contributed by atoms with E-state index in [9.17, 15) is 13.2 Å². The zero-order chi connectivity index (χ0) is 24.6. The first-order valence-corrected chi connectivity index (χ1v) is 11.0. The third kappa shape index (κ3) is 5.09. The molecule has 3 aromatic rings. The van der Waals surface area contributed by atoms with Crippen molar-refractivity contribution in [2.24, 2.45) is 0 Å². The molecule has 3 N–H and O–H groups in total. The second-order valence-corrected chi connectivity index (χ2v) is 8.87. The van der Waals surface area contributed by atoms with E-state index in [2.05, 4.69) is 37.1 Å². The Morgan fingerprint density at radius 3 is 2.41 bits per heavy atom. The van der Waals surface area contributed by atoms with Crippen molar-refractivity contribution < 1.29 is 13.2 Å². The lowest BCUT2D eigenvalue weighted by atomic mass is 10.0. The van der Waals surface area contributed by atoms with E-state index in [1.165, 1.54) is 0 Å². The molecule has 182 valence electrons. The molecule has 34 heavy (non-hydrogen) atoms. The van der Waals surface area contributed by atoms with Crippen LogP contribution in [0.1, 0.15) is 24.1 Å². The number of nitrogens with zero attached hydrogens (tertiary/aromatic N) is 6. The maximum absolute atomic E-state index is 13.3. The molecule has 0 aliphatic carbocycles. The normalized spacial score (nSPS) is 16.0. The number of pyridine rings is 1. The predicted molar refractivity (Wildman–Crippen MR) is 129 cm³/mol. The Labute approximate surface area is 196 Å². The highest BCUT2D eigenvalue weighted by Crippen LogP contribution is 2.34. The second kappa shape index (κ2) is 9.13. The van der Waals surface area contributed by atoms with Gasteiger partial charge in [0.05, 0.1) is 23.3 Å². The molecule has 0 saturated carbocycles. The number of anilines is 4. The van der Waals surface area contributed by atoms with Crippen molar-refractivity contribution in [2.75, 3.05) is 68.2 Å². The molecular formula is C23H29F3N8. The van der Waals surface area contributed by atoms with E-state index in [0.717, 1.165) is 49.5 Å². The standard InChI is InChI=1S/C23H29F3N8/c1-14(15-9-16(23(24,25)26)11-17(27)10-15)29-21-18-12-20(34-7-5-33(4)6-8-34)28-13-19(18)30-22(31-21)32(2)3/h9-14H,5-8,27H2,1-4H3,(H,29,30,31). The zero-order valence-electron chi connectivity index (χ0n) is 19.7. The number of nitrogens with two attached hydrogens (primary N) is 1. The van der Waals surface area contributed by atoms with Crippen molar-refractivity contribution in [1.82, 2.24) is 19.9 Å². The Kier molecular flexibility index (Phi) is 6.39. The summed E-state index contributed by atoms with van der Waals surface area (Å²) in [4.78, 5) is 20.1. The van der Waals surface area contributed by atoms with Crippen molar-refractivity contribution in [1.29, 1.82) is 0 Å². The highest BCUT2D eigenvalue weighted by atomic mass is 19.4. The van der Waals surface area contributed by atoms with Gasteiger partial charge in [0.25, 0.3) is 0 Å². The van der Waals surface area contributed by atoms with E-state index in [1.54, 1.807) is 24.1 Å². The molecule has 1 aliphatic rings. The van der Waals surface area contributed by atoms with Crippen LogP contribution in [-0.2, 0) is 6.18 Å².